The van der Waals surface area contributed by atoms with E-state index in [1.165, 1.54) is 0 Å². The largest absolute Gasteiger partial charge is 0.444 e. The molecule has 0 bridgehead atoms. The van der Waals surface area contributed by atoms with Gasteiger partial charge in [-0.1, -0.05) is 23.4 Å². The Bertz CT molecular complexity index is 1310. The summed E-state index contributed by atoms with van der Waals surface area (Å²) in [4.78, 5) is 31.4. The highest BCUT2D eigenvalue weighted by Gasteiger charge is 2.70. The van der Waals surface area contributed by atoms with Crippen LogP contribution in [0.25, 0.3) is 11.1 Å². The minimum Gasteiger partial charge on any atom is -0.444 e. The fourth-order valence-corrected chi connectivity index (χ4v) is 5.47. The van der Waals surface area contributed by atoms with E-state index in [4.69, 9.17) is 19.2 Å². The zero-order chi connectivity index (χ0) is 26.5. The number of cyclic esters (lactones) is 1. The van der Waals surface area contributed by atoms with Crippen molar-refractivity contribution in [1.82, 2.24) is 25.3 Å². The Morgan fingerprint density at radius 3 is 2.50 bits per heavy atom. The first-order valence-corrected chi connectivity index (χ1v) is 12.7. The Balaban J connectivity index is 1.15. The number of ether oxygens (including phenoxy) is 3. The van der Waals surface area contributed by atoms with Gasteiger partial charge in [0.05, 0.1) is 43.7 Å². The lowest BCUT2D eigenvalue weighted by atomic mass is 10.0. The van der Waals surface area contributed by atoms with Gasteiger partial charge in [0.2, 0.25) is 0 Å². The van der Waals surface area contributed by atoms with Gasteiger partial charge in [-0.05, 0) is 44.5 Å². The Morgan fingerprint density at radius 1 is 1.13 bits per heavy atom. The lowest BCUT2D eigenvalue weighted by Crippen LogP contribution is -2.43. The molecule has 2 saturated heterocycles. The number of carbonyl (C=O) groups is 2. The Morgan fingerprint density at radius 2 is 1.87 bits per heavy atom. The number of hydrogen-bond acceptors (Lipinski definition) is 8. The van der Waals surface area contributed by atoms with Crippen molar-refractivity contribution in [3.8, 4) is 11.1 Å². The predicted molar refractivity (Wildman–Crippen MR) is 136 cm³/mol. The van der Waals surface area contributed by atoms with Crippen LogP contribution in [0.1, 0.15) is 26.5 Å². The van der Waals surface area contributed by atoms with E-state index in [1.54, 1.807) is 22.0 Å². The van der Waals surface area contributed by atoms with E-state index in [-0.39, 0.29) is 24.0 Å². The average Bonchev–Trinajstić information content (AvgIpc) is 3.42. The van der Waals surface area contributed by atoms with E-state index in [0.717, 1.165) is 22.5 Å². The van der Waals surface area contributed by atoms with Crippen molar-refractivity contribution in [1.29, 1.82) is 0 Å². The smallest absolute Gasteiger partial charge is 0.414 e. The average molecular weight is 519 g/mol. The number of nitrogens with zero attached hydrogens (tertiary/aromatic N) is 5. The van der Waals surface area contributed by atoms with E-state index >= 15 is 0 Å². The van der Waals surface area contributed by atoms with Crippen molar-refractivity contribution in [2.24, 2.45) is 11.8 Å². The molecule has 11 nitrogen and oxygen atoms in total. The predicted octanol–water partition coefficient (Wildman–Crippen LogP) is 3.36. The summed E-state index contributed by atoms with van der Waals surface area (Å²) >= 11 is 0. The van der Waals surface area contributed by atoms with E-state index in [0.29, 0.717) is 26.3 Å². The zero-order valence-corrected chi connectivity index (χ0v) is 21.5. The van der Waals surface area contributed by atoms with Gasteiger partial charge in [-0.2, -0.15) is 0 Å². The highest BCUT2D eigenvalue weighted by atomic mass is 16.6. The SMILES string of the molecule is CC(C)(C)OC(=O)NC1(c2ccc(-c3ccc(N4C[C@H](Cn5ccnn5)OC4=O)cc3)cn2)C2COCC21. The third-order valence-electron chi connectivity index (χ3n) is 7.29. The van der Waals surface area contributed by atoms with Crippen molar-refractivity contribution >= 4 is 17.9 Å². The molecule has 3 aromatic rings. The molecule has 3 aliphatic rings. The molecule has 1 aliphatic carbocycles. The van der Waals surface area contributed by atoms with Crippen molar-refractivity contribution in [2.45, 2.75) is 44.6 Å². The number of nitrogens with one attached hydrogen (secondary N) is 1. The first kappa shape index (κ1) is 24.4. The highest BCUT2D eigenvalue weighted by Crippen LogP contribution is 2.60. The Kier molecular flexibility index (Phi) is 5.82. The number of alkyl carbamates (subject to hydrolysis) is 1. The second kappa shape index (κ2) is 9.09. The first-order chi connectivity index (χ1) is 18.2. The van der Waals surface area contributed by atoms with E-state index < -0.39 is 17.2 Å². The van der Waals surface area contributed by atoms with Crippen LogP contribution in [0, 0.1) is 11.8 Å². The van der Waals surface area contributed by atoms with Crippen LogP contribution in [-0.2, 0) is 26.3 Å². The molecule has 4 heterocycles. The third kappa shape index (κ3) is 4.47. The number of anilines is 1. The molecule has 1 N–H and O–H groups in total. The number of aromatic nitrogens is 4. The molecule has 0 spiro atoms. The summed E-state index contributed by atoms with van der Waals surface area (Å²) in [6.45, 7) is 7.60. The summed E-state index contributed by atoms with van der Waals surface area (Å²) in [5, 5.41) is 10.8. The lowest BCUT2D eigenvalue weighted by Gasteiger charge is -2.26. The maximum absolute atomic E-state index is 12.6. The van der Waals surface area contributed by atoms with Gasteiger partial charge < -0.3 is 19.5 Å². The standard InChI is InChI=1S/C27H30N6O5/c1-26(2,3)38-24(34)30-27(21-15-36-16-22(21)27)23-9-6-18(12-28-23)17-4-7-19(8-5-17)33-14-20(37-25(33)35)13-32-11-10-29-31-32/h4-12,20-22H,13-16H2,1-3H3,(H,30,34)/t20-,21?,22?,27?/m0/s1. The van der Waals surface area contributed by atoms with Crippen LogP contribution in [0.3, 0.4) is 0 Å². The van der Waals surface area contributed by atoms with E-state index in [1.807, 2.05) is 63.4 Å². The molecule has 1 saturated carbocycles. The minimum atomic E-state index is -0.584. The number of carbonyl (C=O) groups excluding carboxylic acids is 2. The molecule has 2 amide bonds. The number of pyridine rings is 1. The zero-order valence-electron chi connectivity index (χ0n) is 21.5. The number of hydrogen-bond donors (Lipinski definition) is 1. The molecule has 3 atom stereocenters. The quantitative estimate of drug-likeness (QED) is 0.527. The van der Waals surface area contributed by atoms with Crippen LogP contribution in [0.4, 0.5) is 15.3 Å². The molecular weight excluding hydrogens is 488 g/mol. The highest BCUT2D eigenvalue weighted by molar-refractivity contribution is 5.90. The molecule has 0 radical (unpaired) electrons. The topological polar surface area (TPSA) is 121 Å². The summed E-state index contributed by atoms with van der Waals surface area (Å²) < 4.78 is 18.3. The van der Waals surface area contributed by atoms with Crippen molar-refractivity contribution in [2.75, 3.05) is 24.7 Å². The number of rotatable bonds is 6. The third-order valence-corrected chi connectivity index (χ3v) is 7.29. The molecule has 2 unspecified atom stereocenters. The summed E-state index contributed by atoms with van der Waals surface area (Å²) in [6.07, 6.45) is 4.03. The minimum absolute atomic E-state index is 0.182. The van der Waals surface area contributed by atoms with Crippen LogP contribution >= 0.6 is 0 Å². The first-order valence-electron chi connectivity index (χ1n) is 12.7. The van der Waals surface area contributed by atoms with E-state index in [9.17, 15) is 9.59 Å². The molecular formula is C27H30N6O5. The Hall–Kier alpha value is -3.99. The second-order valence-corrected chi connectivity index (χ2v) is 11.0. The van der Waals surface area contributed by atoms with Gasteiger partial charge in [-0.25, -0.2) is 14.3 Å². The lowest BCUT2D eigenvalue weighted by molar-refractivity contribution is 0.0447. The van der Waals surface area contributed by atoms with Crippen molar-refractivity contribution < 1.29 is 23.8 Å². The van der Waals surface area contributed by atoms with Crippen molar-refractivity contribution in [3.63, 3.8) is 0 Å². The van der Waals surface area contributed by atoms with Gasteiger partial charge in [-0.15, -0.1) is 5.10 Å². The summed E-state index contributed by atoms with van der Waals surface area (Å²) in [7, 11) is 0. The Labute approximate surface area is 220 Å². The molecule has 38 heavy (non-hydrogen) atoms. The van der Waals surface area contributed by atoms with Gasteiger partial charge >= 0.3 is 12.2 Å². The molecule has 11 heteroatoms. The summed E-state index contributed by atoms with van der Waals surface area (Å²) in [5.74, 6) is 0.363. The van der Waals surface area contributed by atoms with Crippen LogP contribution in [0.5, 0.6) is 0 Å². The number of benzene rings is 1. The summed E-state index contributed by atoms with van der Waals surface area (Å²) in [5.41, 5.74) is 2.31. The fourth-order valence-electron chi connectivity index (χ4n) is 5.47. The molecule has 3 fully saturated rings. The maximum atomic E-state index is 12.6. The van der Waals surface area contributed by atoms with E-state index in [2.05, 4.69) is 15.6 Å². The van der Waals surface area contributed by atoms with Gasteiger partial charge in [0.15, 0.2) is 0 Å². The van der Waals surface area contributed by atoms with Gasteiger partial charge in [-0.3, -0.25) is 9.88 Å². The number of amides is 2. The normalized spacial score (nSPS) is 26.1. The van der Waals surface area contributed by atoms with Crippen molar-refractivity contribution in [3.05, 3.63) is 60.7 Å². The fraction of sp³-hybridized carbons (Fsp3) is 0.444. The molecule has 6 rings (SSSR count). The number of fused-ring (bicyclic) bond motifs is 1. The summed E-state index contributed by atoms with van der Waals surface area (Å²) in [6, 6.07) is 11.7. The monoisotopic (exact) mass is 518 g/mol. The van der Waals surface area contributed by atoms with Crippen LogP contribution in [0.15, 0.2) is 55.0 Å². The molecule has 1 aromatic carbocycles. The molecule has 2 aromatic heterocycles. The molecule has 198 valence electrons. The van der Waals surface area contributed by atoms with Crippen LogP contribution in [0.2, 0.25) is 0 Å². The second-order valence-electron chi connectivity index (χ2n) is 11.0. The van der Waals surface area contributed by atoms with Gasteiger partial charge in [0, 0.05) is 35.5 Å². The molecule has 2 aliphatic heterocycles. The van der Waals surface area contributed by atoms with Gasteiger partial charge in [0.1, 0.15) is 11.7 Å². The van der Waals surface area contributed by atoms with Crippen LogP contribution < -0.4 is 10.2 Å². The maximum Gasteiger partial charge on any atom is 0.414 e. The van der Waals surface area contributed by atoms with Crippen LogP contribution in [-0.4, -0.2) is 63.6 Å². The van der Waals surface area contributed by atoms with Gasteiger partial charge in [0.25, 0.3) is 0 Å².